The van der Waals surface area contributed by atoms with E-state index < -0.39 is 44.8 Å². The second-order valence-electron chi connectivity index (χ2n) is 8.86. The Morgan fingerprint density at radius 1 is 1.22 bits per heavy atom. The average Bonchev–Trinajstić information content (AvgIpc) is 3.45. The van der Waals surface area contributed by atoms with Crippen molar-refractivity contribution in [3.63, 3.8) is 0 Å². The van der Waals surface area contributed by atoms with E-state index in [0.717, 1.165) is 38.3 Å². The molecule has 0 unspecified atom stereocenters. The molecule has 1 fully saturated rings. The number of halogens is 3. The molecule has 0 atom stereocenters. The molecule has 4 N–H and O–H groups in total. The van der Waals surface area contributed by atoms with Gasteiger partial charge in [-0.1, -0.05) is 0 Å². The molecule has 0 radical (unpaired) electrons. The summed E-state index contributed by atoms with van der Waals surface area (Å²) in [6, 6.07) is 4.23. The van der Waals surface area contributed by atoms with Crippen molar-refractivity contribution in [2.75, 3.05) is 42.5 Å². The molecule has 4 rings (SSSR count). The van der Waals surface area contributed by atoms with Gasteiger partial charge in [-0.05, 0) is 57.1 Å². The maximum Gasteiger partial charge on any atom is 0.419 e. The minimum Gasteiger partial charge on any atom is -0.358 e. The van der Waals surface area contributed by atoms with Gasteiger partial charge in [0, 0.05) is 35.7 Å². The van der Waals surface area contributed by atoms with Crippen molar-refractivity contribution in [1.82, 2.24) is 15.2 Å². The van der Waals surface area contributed by atoms with E-state index in [-0.39, 0.29) is 29.1 Å². The summed E-state index contributed by atoms with van der Waals surface area (Å²) in [5.41, 5.74) is -1.53. The molecule has 2 aliphatic rings. The second-order valence-corrected chi connectivity index (χ2v) is 10.6. The minimum atomic E-state index is -4.88. The molecule has 2 aromatic rings. The SMILES string of the molecule is Cc1[nH]c(/C=C2\C(=O)Nc3ccc(NS(C)(=O)=O)cc32)c(C(F)(F)F)c1C(=O)NCCN1CCCC1. The number of aromatic amines is 1. The highest BCUT2D eigenvalue weighted by molar-refractivity contribution is 7.92. The molecule has 1 saturated heterocycles. The van der Waals surface area contributed by atoms with Crippen molar-refractivity contribution in [3.8, 4) is 0 Å². The highest BCUT2D eigenvalue weighted by Gasteiger charge is 2.41. The number of H-pyrrole nitrogens is 1. The van der Waals surface area contributed by atoms with Crippen LogP contribution in [0.1, 0.15) is 45.7 Å². The third kappa shape index (κ3) is 5.57. The average molecular weight is 526 g/mol. The summed E-state index contributed by atoms with van der Waals surface area (Å²) in [6.07, 6.45) is -0.777. The second kappa shape index (κ2) is 9.62. The highest BCUT2D eigenvalue weighted by Crippen LogP contribution is 2.40. The van der Waals surface area contributed by atoms with Crippen molar-refractivity contribution in [1.29, 1.82) is 0 Å². The molecule has 13 heteroatoms. The van der Waals surface area contributed by atoms with Crippen molar-refractivity contribution in [3.05, 3.63) is 46.3 Å². The first kappa shape index (κ1) is 25.8. The summed E-state index contributed by atoms with van der Waals surface area (Å²) >= 11 is 0. The van der Waals surface area contributed by atoms with Crippen LogP contribution in [0.4, 0.5) is 24.5 Å². The molecule has 3 heterocycles. The van der Waals surface area contributed by atoms with Crippen LogP contribution in [0, 0.1) is 6.92 Å². The number of sulfonamides is 1. The lowest BCUT2D eigenvalue weighted by Crippen LogP contribution is -2.34. The molecule has 0 aliphatic carbocycles. The van der Waals surface area contributed by atoms with Gasteiger partial charge < -0.3 is 20.5 Å². The van der Waals surface area contributed by atoms with Crippen LogP contribution in [0.3, 0.4) is 0 Å². The van der Waals surface area contributed by atoms with E-state index in [9.17, 15) is 31.2 Å². The van der Waals surface area contributed by atoms with Crippen LogP contribution < -0.4 is 15.4 Å². The number of anilines is 2. The zero-order chi connectivity index (χ0) is 26.3. The molecular formula is C23H26F3N5O4S. The largest absolute Gasteiger partial charge is 0.419 e. The van der Waals surface area contributed by atoms with E-state index in [1.807, 2.05) is 0 Å². The number of likely N-dealkylation sites (tertiary alicyclic amines) is 1. The normalized spacial score (nSPS) is 17.4. The summed E-state index contributed by atoms with van der Waals surface area (Å²) in [5, 5.41) is 5.13. The van der Waals surface area contributed by atoms with Gasteiger partial charge in [-0.3, -0.25) is 14.3 Å². The number of benzene rings is 1. The van der Waals surface area contributed by atoms with Crippen molar-refractivity contribution in [2.45, 2.75) is 25.9 Å². The first-order chi connectivity index (χ1) is 16.8. The van der Waals surface area contributed by atoms with Crippen molar-refractivity contribution >= 4 is 44.9 Å². The Labute approximate surface area is 206 Å². The number of carbonyl (C=O) groups is 2. The van der Waals surface area contributed by atoms with E-state index in [0.29, 0.717) is 12.2 Å². The van der Waals surface area contributed by atoms with E-state index in [2.05, 4.69) is 25.2 Å². The summed E-state index contributed by atoms with van der Waals surface area (Å²) in [6.45, 7) is 3.92. The number of fused-ring (bicyclic) bond motifs is 1. The monoisotopic (exact) mass is 525 g/mol. The fourth-order valence-corrected chi connectivity index (χ4v) is 5.07. The first-order valence-electron chi connectivity index (χ1n) is 11.3. The third-order valence-electron chi connectivity index (χ3n) is 6.03. The minimum absolute atomic E-state index is 0.0129. The van der Waals surface area contributed by atoms with Gasteiger partial charge in [-0.15, -0.1) is 0 Å². The Bertz CT molecular complexity index is 1340. The molecule has 36 heavy (non-hydrogen) atoms. The summed E-state index contributed by atoms with van der Waals surface area (Å²) < 4.78 is 67.9. The lowest BCUT2D eigenvalue weighted by Gasteiger charge is -2.15. The zero-order valence-corrected chi connectivity index (χ0v) is 20.5. The number of aromatic nitrogens is 1. The fourth-order valence-electron chi connectivity index (χ4n) is 4.51. The topological polar surface area (TPSA) is 123 Å². The smallest absolute Gasteiger partial charge is 0.358 e. The van der Waals surface area contributed by atoms with Gasteiger partial charge in [0.25, 0.3) is 11.8 Å². The Kier molecular flexibility index (Phi) is 6.88. The molecule has 1 aromatic carbocycles. The Morgan fingerprint density at radius 2 is 1.92 bits per heavy atom. The van der Waals surface area contributed by atoms with Gasteiger partial charge in [0.15, 0.2) is 0 Å². The van der Waals surface area contributed by atoms with Gasteiger partial charge in [0.1, 0.15) is 0 Å². The number of hydrogen-bond donors (Lipinski definition) is 4. The molecule has 1 aromatic heterocycles. The van der Waals surface area contributed by atoms with Crippen LogP contribution in [0.5, 0.6) is 0 Å². The molecule has 0 saturated carbocycles. The summed E-state index contributed by atoms with van der Waals surface area (Å²) in [5.74, 6) is -1.51. The number of rotatable bonds is 7. The zero-order valence-electron chi connectivity index (χ0n) is 19.7. The van der Waals surface area contributed by atoms with Crippen molar-refractivity contribution in [2.24, 2.45) is 0 Å². The number of carbonyl (C=O) groups excluding carboxylic acids is 2. The third-order valence-corrected chi connectivity index (χ3v) is 6.64. The van der Waals surface area contributed by atoms with Crippen LogP contribution in [-0.2, 0) is 21.0 Å². The quantitative estimate of drug-likeness (QED) is 0.414. The van der Waals surface area contributed by atoms with Gasteiger partial charge >= 0.3 is 6.18 Å². The highest BCUT2D eigenvalue weighted by atomic mass is 32.2. The molecular weight excluding hydrogens is 499 g/mol. The van der Waals surface area contributed by atoms with Crippen molar-refractivity contribution < 1.29 is 31.2 Å². The standard InChI is InChI=1S/C23H26F3N5O4S/c1-13-19(22(33)27-7-10-31-8-3-4-9-31)20(23(24,25)26)18(28-13)12-16-15-11-14(30-36(2,34)35)5-6-17(15)29-21(16)32/h5-6,11-12,28,30H,3-4,7-10H2,1-2H3,(H,27,33)(H,29,32)/b16-12-. The Morgan fingerprint density at radius 3 is 2.56 bits per heavy atom. The van der Waals surface area contributed by atoms with Crippen LogP contribution >= 0.6 is 0 Å². The fraction of sp³-hybridized carbons (Fsp3) is 0.391. The number of alkyl halides is 3. The Balaban J connectivity index is 1.68. The number of nitrogens with one attached hydrogen (secondary N) is 4. The predicted octanol–water partition coefficient (Wildman–Crippen LogP) is 3.03. The lowest BCUT2D eigenvalue weighted by atomic mass is 10.0. The Hall–Kier alpha value is -3.32. The molecule has 194 valence electrons. The maximum absolute atomic E-state index is 14.2. The van der Waals surface area contributed by atoms with E-state index >= 15 is 0 Å². The predicted molar refractivity (Wildman–Crippen MR) is 130 cm³/mol. The van der Waals surface area contributed by atoms with E-state index in [4.69, 9.17) is 0 Å². The number of amides is 2. The molecule has 0 spiro atoms. The van der Waals surface area contributed by atoms with Crippen LogP contribution in [0.15, 0.2) is 18.2 Å². The van der Waals surface area contributed by atoms with E-state index in [1.165, 1.54) is 25.1 Å². The van der Waals surface area contributed by atoms with E-state index in [1.54, 1.807) is 0 Å². The molecule has 2 aliphatic heterocycles. The molecule has 0 bridgehead atoms. The van der Waals surface area contributed by atoms with Crippen LogP contribution in [0.25, 0.3) is 11.6 Å². The van der Waals surface area contributed by atoms with Gasteiger partial charge in [0.2, 0.25) is 10.0 Å². The summed E-state index contributed by atoms with van der Waals surface area (Å²) in [4.78, 5) is 30.1. The van der Waals surface area contributed by atoms with Gasteiger partial charge in [-0.2, -0.15) is 13.2 Å². The van der Waals surface area contributed by atoms with Crippen LogP contribution in [0.2, 0.25) is 0 Å². The molecule has 2 amide bonds. The first-order valence-corrected chi connectivity index (χ1v) is 13.2. The van der Waals surface area contributed by atoms with Gasteiger partial charge in [0.05, 0.1) is 28.6 Å². The number of hydrogen-bond acceptors (Lipinski definition) is 5. The number of nitrogens with zero attached hydrogens (tertiary/aromatic N) is 1. The lowest BCUT2D eigenvalue weighted by molar-refractivity contribution is -0.138. The van der Waals surface area contributed by atoms with Gasteiger partial charge in [-0.25, -0.2) is 8.42 Å². The number of aryl methyl sites for hydroxylation is 1. The van der Waals surface area contributed by atoms with Crippen LogP contribution in [-0.4, -0.2) is 62.6 Å². The maximum atomic E-state index is 14.2. The summed E-state index contributed by atoms with van der Waals surface area (Å²) in [7, 11) is -3.61. The molecule has 9 nitrogen and oxygen atoms in total.